The van der Waals surface area contributed by atoms with Crippen molar-refractivity contribution in [2.75, 3.05) is 25.5 Å². The zero-order valence-electron chi connectivity index (χ0n) is 15.2. The number of hydrogen-bond acceptors (Lipinski definition) is 3. The summed E-state index contributed by atoms with van der Waals surface area (Å²) in [5.41, 5.74) is 1.58. The first-order valence-electron chi connectivity index (χ1n) is 8.50. The minimum Gasteiger partial charge on any atom is -0.494 e. The van der Waals surface area contributed by atoms with Crippen molar-refractivity contribution in [1.82, 2.24) is 4.90 Å². The van der Waals surface area contributed by atoms with Crippen LogP contribution in [0.25, 0.3) is 0 Å². The van der Waals surface area contributed by atoms with Gasteiger partial charge in [0.05, 0.1) is 13.5 Å². The molecule has 0 spiro atoms. The lowest BCUT2D eigenvalue weighted by molar-refractivity contribution is -0.115. The monoisotopic (exact) mass is 358 g/mol. The van der Waals surface area contributed by atoms with Crippen molar-refractivity contribution < 1.29 is 18.7 Å². The van der Waals surface area contributed by atoms with E-state index in [1.807, 2.05) is 13.8 Å². The van der Waals surface area contributed by atoms with Gasteiger partial charge in [-0.25, -0.2) is 4.39 Å². The van der Waals surface area contributed by atoms with Gasteiger partial charge in [-0.2, -0.15) is 0 Å². The van der Waals surface area contributed by atoms with Gasteiger partial charge in [-0.1, -0.05) is 12.1 Å². The molecular weight excluding hydrogens is 335 g/mol. The van der Waals surface area contributed by atoms with Gasteiger partial charge in [0, 0.05) is 24.3 Å². The van der Waals surface area contributed by atoms with Crippen LogP contribution in [0.3, 0.4) is 0 Å². The number of nitrogens with zero attached hydrogens (tertiary/aromatic N) is 1. The molecule has 2 amide bonds. The van der Waals surface area contributed by atoms with E-state index in [0.717, 1.165) is 0 Å². The average molecular weight is 358 g/mol. The minimum atomic E-state index is -0.510. The summed E-state index contributed by atoms with van der Waals surface area (Å²) < 4.78 is 18.6. The number of methoxy groups -OCH3 is 1. The van der Waals surface area contributed by atoms with Crippen LogP contribution in [0.5, 0.6) is 5.75 Å². The molecule has 2 aromatic carbocycles. The number of halogens is 1. The van der Waals surface area contributed by atoms with Gasteiger partial charge in [-0.3, -0.25) is 9.59 Å². The Labute approximate surface area is 152 Å². The SMILES string of the molecule is CCN(CC)C(=O)c1cccc(NC(=O)Cc2ccc(OC)c(F)c2)c1. The predicted octanol–water partition coefficient (Wildman–Crippen LogP) is 3.50. The molecule has 0 atom stereocenters. The van der Waals surface area contributed by atoms with E-state index in [1.165, 1.54) is 19.2 Å². The molecule has 0 aromatic heterocycles. The standard InChI is InChI=1S/C20H23FN2O3/c1-4-23(5-2)20(25)15-7-6-8-16(13-15)22-19(24)12-14-9-10-18(26-3)17(21)11-14/h6-11,13H,4-5,12H2,1-3H3,(H,22,24). The molecule has 138 valence electrons. The molecule has 6 heteroatoms. The second-order valence-electron chi connectivity index (χ2n) is 5.75. The number of carbonyl (C=O) groups excluding carboxylic acids is 2. The second-order valence-corrected chi connectivity index (χ2v) is 5.75. The maximum atomic E-state index is 13.7. The lowest BCUT2D eigenvalue weighted by atomic mass is 10.1. The minimum absolute atomic E-state index is 0.0229. The molecule has 2 rings (SSSR count). The van der Waals surface area contributed by atoms with Crippen LogP contribution in [-0.4, -0.2) is 36.9 Å². The molecule has 0 aliphatic carbocycles. The van der Waals surface area contributed by atoms with Gasteiger partial charge in [0.25, 0.3) is 5.91 Å². The van der Waals surface area contributed by atoms with Crippen LogP contribution < -0.4 is 10.1 Å². The number of hydrogen-bond donors (Lipinski definition) is 1. The van der Waals surface area contributed by atoms with E-state index < -0.39 is 5.82 Å². The van der Waals surface area contributed by atoms with Crippen LogP contribution >= 0.6 is 0 Å². The van der Waals surface area contributed by atoms with Gasteiger partial charge >= 0.3 is 0 Å². The summed E-state index contributed by atoms with van der Waals surface area (Å²) in [6.07, 6.45) is 0.0229. The van der Waals surface area contributed by atoms with E-state index >= 15 is 0 Å². The lowest BCUT2D eigenvalue weighted by Gasteiger charge is -2.19. The molecular formula is C20H23FN2O3. The highest BCUT2D eigenvalue weighted by Crippen LogP contribution is 2.19. The molecule has 0 radical (unpaired) electrons. The molecule has 26 heavy (non-hydrogen) atoms. The van der Waals surface area contributed by atoms with Crippen molar-refractivity contribution in [2.24, 2.45) is 0 Å². The van der Waals surface area contributed by atoms with Crippen LogP contribution in [0.2, 0.25) is 0 Å². The number of amides is 2. The molecule has 5 nitrogen and oxygen atoms in total. The van der Waals surface area contributed by atoms with Crippen molar-refractivity contribution in [3.05, 3.63) is 59.4 Å². The lowest BCUT2D eigenvalue weighted by Crippen LogP contribution is -2.30. The summed E-state index contributed by atoms with van der Waals surface area (Å²) in [6, 6.07) is 11.2. The Morgan fingerprint density at radius 1 is 1.12 bits per heavy atom. The Balaban J connectivity index is 2.06. The zero-order valence-corrected chi connectivity index (χ0v) is 15.2. The number of carbonyl (C=O) groups is 2. The predicted molar refractivity (Wildman–Crippen MR) is 99.0 cm³/mol. The molecule has 0 bridgehead atoms. The molecule has 0 unspecified atom stereocenters. The van der Waals surface area contributed by atoms with Crippen molar-refractivity contribution >= 4 is 17.5 Å². The third-order valence-electron chi connectivity index (χ3n) is 4.02. The zero-order chi connectivity index (χ0) is 19.1. The summed E-state index contributed by atoms with van der Waals surface area (Å²) in [4.78, 5) is 26.3. The fraction of sp³-hybridized carbons (Fsp3) is 0.300. The summed E-state index contributed by atoms with van der Waals surface area (Å²) in [7, 11) is 1.39. The fourth-order valence-corrected chi connectivity index (χ4v) is 2.63. The van der Waals surface area contributed by atoms with E-state index in [4.69, 9.17) is 4.74 Å². The third kappa shape index (κ3) is 4.81. The van der Waals surface area contributed by atoms with Gasteiger partial charge < -0.3 is 15.0 Å². The third-order valence-corrected chi connectivity index (χ3v) is 4.02. The number of anilines is 1. The molecule has 0 saturated carbocycles. The van der Waals surface area contributed by atoms with Crippen molar-refractivity contribution in [3.63, 3.8) is 0 Å². The molecule has 0 fully saturated rings. The van der Waals surface area contributed by atoms with Gasteiger partial charge in [-0.05, 0) is 49.7 Å². The van der Waals surface area contributed by atoms with Crippen LogP contribution in [-0.2, 0) is 11.2 Å². The Bertz CT molecular complexity index is 788. The van der Waals surface area contributed by atoms with Gasteiger partial charge in [0.15, 0.2) is 11.6 Å². The maximum Gasteiger partial charge on any atom is 0.253 e. The molecule has 0 heterocycles. The Kier molecular flexibility index (Phi) is 6.72. The van der Waals surface area contributed by atoms with Crippen molar-refractivity contribution in [2.45, 2.75) is 20.3 Å². The van der Waals surface area contributed by atoms with Crippen molar-refractivity contribution in [3.8, 4) is 5.75 Å². The largest absolute Gasteiger partial charge is 0.494 e. The second kappa shape index (κ2) is 8.99. The van der Waals surface area contributed by atoms with E-state index in [0.29, 0.717) is 29.9 Å². The Morgan fingerprint density at radius 3 is 2.46 bits per heavy atom. The van der Waals surface area contributed by atoms with Gasteiger partial charge in [0.1, 0.15) is 0 Å². The van der Waals surface area contributed by atoms with Crippen LogP contribution in [0, 0.1) is 5.82 Å². The van der Waals surface area contributed by atoms with Gasteiger partial charge in [-0.15, -0.1) is 0 Å². The summed E-state index contributed by atoms with van der Waals surface area (Å²) in [5, 5.41) is 2.75. The maximum absolute atomic E-state index is 13.7. The van der Waals surface area contributed by atoms with Crippen molar-refractivity contribution in [1.29, 1.82) is 0 Å². The van der Waals surface area contributed by atoms with Crippen LogP contribution in [0.4, 0.5) is 10.1 Å². The quantitative estimate of drug-likeness (QED) is 0.824. The first-order valence-corrected chi connectivity index (χ1v) is 8.50. The fourth-order valence-electron chi connectivity index (χ4n) is 2.63. The normalized spacial score (nSPS) is 10.3. The summed E-state index contributed by atoms with van der Waals surface area (Å²) in [5.74, 6) is -0.744. The summed E-state index contributed by atoms with van der Waals surface area (Å²) >= 11 is 0. The number of nitrogens with one attached hydrogen (secondary N) is 1. The van der Waals surface area contributed by atoms with E-state index in [2.05, 4.69) is 5.32 Å². The molecule has 0 aliphatic rings. The molecule has 1 N–H and O–H groups in total. The van der Waals surface area contributed by atoms with E-state index in [1.54, 1.807) is 35.2 Å². The highest BCUT2D eigenvalue weighted by molar-refractivity contribution is 5.97. The number of rotatable bonds is 7. The highest BCUT2D eigenvalue weighted by atomic mass is 19.1. The molecule has 0 saturated heterocycles. The topological polar surface area (TPSA) is 58.6 Å². The Morgan fingerprint density at radius 2 is 1.85 bits per heavy atom. The number of ether oxygens (including phenoxy) is 1. The number of benzene rings is 2. The first-order chi connectivity index (χ1) is 12.5. The van der Waals surface area contributed by atoms with Gasteiger partial charge in [0.2, 0.25) is 5.91 Å². The average Bonchev–Trinajstić information content (AvgIpc) is 2.63. The van der Waals surface area contributed by atoms with Crippen LogP contribution in [0.1, 0.15) is 29.8 Å². The van der Waals surface area contributed by atoms with E-state index in [-0.39, 0.29) is 24.0 Å². The van der Waals surface area contributed by atoms with Crippen LogP contribution in [0.15, 0.2) is 42.5 Å². The smallest absolute Gasteiger partial charge is 0.253 e. The molecule has 0 aliphatic heterocycles. The summed E-state index contributed by atoms with van der Waals surface area (Å²) in [6.45, 7) is 5.08. The Hall–Kier alpha value is -2.89. The molecule has 2 aromatic rings. The first kappa shape index (κ1) is 19.4. The highest BCUT2D eigenvalue weighted by Gasteiger charge is 2.13. The van der Waals surface area contributed by atoms with E-state index in [9.17, 15) is 14.0 Å².